The quantitative estimate of drug-likeness (QED) is 0.717. The molecule has 0 bridgehead atoms. The van der Waals surface area contributed by atoms with Crippen molar-refractivity contribution >= 4 is 17.5 Å². The fraction of sp³-hybridized carbons (Fsp3) is 0.316. The van der Waals surface area contributed by atoms with Crippen LogP contribution in [0, 0.1) is 6.92 Å². The minimum Gasteiger partial charge on any atom is -0.353 e. The van der Waals surface area contributed by atoms with Crippen LogP contribution in [0.2, 0.25) is 0 Å². The number of rotatable bonds is 4. The highest BCUT2D eigenvalue weighted by Gasteiger charge is 2.22. The number of nitrogens with one attached hydrogen (secondary N) is 2. The molecule has 9 nitrogen and oxygen atoms in total. The second-order valence-corrected chi connectivity index (χ2v) is 6.67. The molecule has 1 aliphatic heterocycles. The first-order valence-electron chi connectivity index (χ1n) is 9.16. The molecule has 2 amide bonds. The summed E-state index contributed by atoms with van der Waals surface area (Å²) >= 11 is 0. The van der Waals surface area contributed by atoms with E-state index in [0.29, 0.717) is 23.9 Å². The van der Waals surface area contributed by atoms with Crippen molar-refractivity contribution in [3.8, 4) is 11.5 Å². The summed E-state index contributed by atoms with van der Waals surface area (Å²) in [5, 5.41) is 9.68. The molecule has 1 saturated heterocycles. The summed E-state index contributed by atoms with van der Waals surface area (Å²) in [6, 6.07) is 7.10. The zero-order valence-corrected chi connectivity index (χ0v) is 15.5. The maximum absolute atomic E-state index is 12.4. The van der Waals surface area contributed by atoms with Crippen LogP contribution in [-0.4, -0.2) is 45.3 Å². The number of urea groups is 1. The van der Waals surface area contributed by atoms with Crippen LogP contribution in [0.25, 0.3) is 11.5 Å². The molecule has 144 valence electrons. The predicted octanol–water partition coefficient (Wildman–Crippen LogP) is 2.63. The Morgan fingerprint density at radius 1 is 1.25 bits per heavy atom. The monoisotopic (exact) mass is 379 g/mol. The van der Waals surface area contributed by atoms with Gasteiger partial charge in [0.1, 0.15) is 5.82 Å². The Balaban J connectivity index is 1.32. The molecule has 2 N–H and O–H groups in total. The van der Waals surface area contributed by atoms with E-state index in [-0.39, 0.29) is 12.1 Å². The highest BCUT2D eigenvalue weighted by atomic mass is 16.5. The highest BCUT2D eigenvalue weighted by Crippen LogP contribution is 2.20. The number of nitrogens with zero attached hydrogens (tertiary/aromatic N) is 5. The predicted molar refractivity (Wildman–Crippen MR) is 104 cm³/mol. The van der Waals surface area contributed by atoms with E-state index in [1.807, 2.05) is 12.1 Å². The van der Waals surface area contributed by atoms with Gasteiger partial charge in [0.2, 0.25) is 0 Å². The van der Waals surface area contributed by atoms with Crippen LogP contribution < -0.4 is 15.5 Å². The van der Waals surface area contributed by atoms with E-state index in [2.05, 4.69) is 35.6 Å². The lowest BCUT2D eigenvalue weighted by Crippen LogP contribution is -2.49. The summed E-state index contributed by atoms with van der Waals surface area (Å²) < 4.78 is 5.14. The number of aryl methyl sites for hydroxylation is 1. The van der Waals surface area contributed by atoms with Gasteiger partial charge in [-0.1, -0.05) is 5.16 Å². The van der Waals surface area contributed by atoms with E-state index in [4.69, 9.17) is 4.52 Å². The fourth-order valence-electron chi connectivity index (χ4n) is 3.22. The summed E-state index contributed by atoms with van der Waals surface area (Å²) in [6.07, 6.45) is 6.99. The Labute approximate surface area is 162 Å². The molecule has 1 atom stereocenters. The number of hydrogen-bond donors (Lipinski definition) is 2. The number of aromatic nitrogens is 4. The average Bonchev–Trinajstić information content (AvgIpc) is 3.16. The molecule has 3 aromatic rings. The molecule has 0 spiro atoms. The summed E-state index contributed by atoms with van der Waals surface area (Å²) in [5.41, 5.74) is 1.50. The third kappa shape index (κ3) is 4.25. The Morgan fingerprint density at radius 3 is 2.82 bits per heavy atom. The Bertz CT molecular complexity index is 927. The van der Waals surface area contributed by atoms with Crippen molar-refractivity contribution in [1.29, 1.82) is 0 Å². The van der Waals surface area contributed by atoms with Gasteiger partial charge >= 0.3 is 6.03 Å². The summed E-state index contributed by atoms with van der Waals surface area (Å²) in [7, 11) is 0. The third-order valence-electron chi connectivity index (χ3n) is 4.55. The highest BCUT2D eigenvalue weighted by molar-refractivity contribution is 5.89. The van der Waals surface area contributed by atoms with Gasteiger partial charge in [-0.3, -0.25) is 4.98 Å². The lowest BCUT2D eigenvalue weighted by molar-refractivity contribution is 0.246. The number of hydrogen-bond acceptors (Lipinski definition) is 7. The molecule has 1 fully saturated rings. The van der Waals surface area contributed by atoms with Crippen LogP contribution >= 0.6 is 0 Å². The van der Waals surface area contributed by atoms with Crippen molar-refractivity contribution in [1.82, 2.24) is 25.4 Å². The second kappa shape index (κ2) is 8.03. The molecule has 1 aromatic carbocycles. The number of carbonyl (C=O) groups excluding carboxylic acids is 1. The van der Waals surface area contributed by atoms with Crippen molar-refractivity contribution in [2.45, 2.75) is 25.8 Å². The molecule has 28 heavy (non-hydrogen) atoms. The normalized spacial score (nSPS) is 16.6. The van der Waals surface area contributed by atoms with Crippen LogP contribution in [0.4, 0.5) is 16.3 Å². The average molecular weight is 379 g/mol. The summed E-state index contributed by atoms with van der Waals surface area (Å²) in [6.45, 7) is 3.39. The molecular weight excluding hydrogens is 358 g/mol. The topological polar surface area (TPSA) is 109 Å². The van der Waals surface area contributed by atoms with Gasteiger partial charge in [0.25, 0.3) is 5.89 Å². The number of anilines is 2. The van der Waals surface area contributed by atoms with Gasteiger partial charge < -0.3 is 20.1 Å². The van der Waals surface area contributed by atoms with Crippen molar-refractivity contribution in [3.63, 3.8) is 0 Å². The van der Waals surface area contributed by atoms with Crippen molar-refractivity contribution < 1.29 is 9.32 Å². The number of carbonyl (C=O) groups is 1. The van der Waals surface area contributed by atoms with E-state index in [9.17, 15) is 4.79 Å². The lowest BCUT2D eigenvalue weighted by atomic mass is 10.1. The largest absolute Gasteiger partial charge is 0.353 e. The van der Waals surface area contributed by atoms with Crippen LogP contribution in [0.15, 0.2) is 47.4 Å². The zero-order chi connectivity index (χ0) is 19.3. The van der Waals surface area contributed by atoms with Gasteiger partial charge in [-0.15, -0.1) is 0 Å². The van der Waals surface area contributed by atoms with Gasteiger partial charge in [-0.2, -0.15) is 4.98 Å². The molecule has 4 rings (SSSR count). The molecule has 3 heterocycles. The zero-order valence-electron chi connectivity index (χ0n) is 15.5. The van der Waals surface area contributed by atoms with Crippen molar-refractivity contribution in [2.24, 2.45) is 0 Å². The van der Waals surface area contributed by atoms with Gasteiger partial charge in [0.15, 0.2) is 5.82 Å². The van der Waals surface area contributed by atoms with Crippen LogP contribution in [0.1, 0.15) is 18.7 Å². The Hall–Kier alpha value is -3.49. The molecule has 2 aromatic heterocycles. The van der Waals surface area contributed by atoms with E-state index >= 15 is 0 Å². The van der Waals surface area contributed by atoms with Crippen LogP contribution in [-0.2, 0) is 0 Å². The molecule has 0 radical (unpaired) electrons. The summed E-state index contributed by atoms with van der Waals surface area (Å²) in [4.78, 5) is 27.2. The first-order chi connectivity index (χ1) is 13.7. The van der Waals surface area contributed by atoms with Crippen LogP contribution in [0.3, 0.4) is 0 Å². The molecule has 0 aliphatic carbocycles. The van der Waals surface area contributed by atoms with E-state index in [1.54, 1.807) is 37.6 Å². The smallest absolute Gasteiger partial charge is 0.319 e. The van der Waals surface area contributed by atoms with E-state index in [0.717, 1.165) is 30.8 Å². The maximum atomic E-state index is 12.4. The Morgan fingerprint density at radius 2 is 2.11 bits per heavy atom. The standard InChI is InChI=1S/C19H21N7O2/c1-13-22-18(28-25-13)14-4-6-15(7-5-14)23-19(27)24-16-3-2-10-26(12-16)17-11-20-8-9-21-17/h4-9,11,16H,2-3,10,12H2,1H3,(H2,23,24,27)/t16-/m1/s1. The van der Waals surface area contributed by atoms with Gasteiger partial charge in [0, 0.05) is 42.8 Å². The van der Waals surface area contributed by atoms with Gasteiger partial charge in [-0.05, 0) is 44.0 Å². The van der Waals surface area contributed by atoms with Gasteiger partial charge in [0.05, 0.1) is 6.20 Å². The lowest BCUT2D eigenvalue weighted by Gasteiger charge is -2.33. The second-order valence-electron chi connectivity index (χ2n) is 6.67. The SMILES string of the molecule is Cc1noc(-c2ccc(NC(=O)N[C@@H]3CCCN(c4cnccn4)C3)cc2)n1. The molecule has 0 unspecified atom stereocenters. The molecule has 9 heteroatoms. The number of benzene rings is 1. The van der Waals surface area contributed by atoms with E-state index < -0.39 is 0 Å². The Kier molecular flexibility index (Phi) is 5.14. The van der Waals surface area contributed by atoms with Gasteiger partial charge in [-0.25, -0.2) is 9.78 Å². The first-order valence-corrected chi connectivity index (χ1v) is 9.16. The fourth-order valence-corrected chi connectivity index (χ4v) is 3.22. The summed E-state index contributed by atoms with van der Waals surface area (Å²) in [5.74, 6) is 1.88. The number of amides is 2. The maximum Gasteiger partial charge on any atom is 0.319 e. The molecule has 0 saturated carbocycles. The number of piperidine rings is 1. The first kappa shape index (κ1) is 17.9. The van der Waals surface area contributed by atoms with Crippen molar-refractivity contribution in [2.75, 3.05) is 23.3 Å². The van der Waals surface area contributed by atoms with E-state index in [1.165, 1.54) is 0 Å². The minimum atomic E-state index is -0.229. The minimum absolute atomic E-state index is 0.0522. The molecule has 1 aliphatic rings. The van der Waals surface area contributed by atoms with Crippen molar-refractivity contribution in [3.05, 3.63) is 48.7 Å². The molecular formula is C19H21N7O2. The van der Waals surface area contributed by atoms with Crippen LogP contribution in [0.5, 0.6) is 0 Å². The third-order valence-corrected chi connectivity index (χ3v) is 4.55.